The number of nitrogens with two attached hydrogens (primary N) is 1. The molecule has 1 unspecified atom stereocenters. The number of aromatic nitrogens is 2. The van der Waals surface area contributed by atoms with E-state index in [-0.39, 0.29) is 5.91 Å². The van der Waals surface area contributed by atoms with Crippen LogP contribution in [0.5, 0.6) is 0 Å². The Labute approximate surface area is 170 Å². The van der Waals surface area contributed by atoms with Crippen LogP contribution in [0.3, 0.4) is 0 Å². The lowest BCUT2D eigenvalue weighted by molar-refractivity contribution is -0.124. The van der Waals surface area contributed by atoms with Crippen molar-refractivity contribution < 1.29 is 9.53 Å². The number of benzene rings is 1. The molecule has 1 aromatic heterocycles. The SMILES string of the molecule is C=c1c(N2CCOCC2C(=O)NCCN)nn(-c2ccc(C)cc2)/c1=C/N=CC. The summed E-state index contributed by atoms with van der Waals surface area (Å²) in [4.78, 5) is 18.9. The Balaban J connectivity index is 2.07. The van der Waals surface area contributed by atoms with E-state index in [1.165, 1.54) is 0 Å². The molecule has 1 atom stereocenters. The Morgan fingerprint density at radius 3 is 2.90 bits per heavy atom. The molecule has 3 N–H and O–H groups in total. The van der Waals surface area contributed by atoms with Crippen LogP contribution >= 0.6 is 0 Å². The van der Waals surface area contributed by atoms with E-state index in [2.05, 4.69) is 16.9 Å². The fraction of sp³-hybridized carbons (Fsp3) is 0.381. The number of nitrogens with zero attached hydrogens (tertiary/aromatic N) is 4. The summed E-state index contributed by atoms with van der Waals surface area (Å²) in [6.45, 7) is 10.3. The highest BCUT2D eigenvalue weighted by atomic mass is 16.5. The summed E-state index contributed by atoms with van der Waals surface area (Å²) in [7, 11) is 0. The molecule has 1 amide bonds. The van der Waals surface area contributed by atoms with Crippen molar-refractivity contribution in [3.8, 4) is 5.69 Å². The lowest BCUT2D eigenvalue weighted by Gasteiger charge is -2.34. The third kappa shape index (κ3) is 4.55. The number of hydrogen-bond donors (Lipinski definition) is 2. The Morgan fingerprint density at radius 1 is 1.45 bits per heavy atom. The second-order valence-corrected chi connectivity index (χ2v) is 6.83. The van der Waals surface area contributed by atoms with Crippen molar-refractivity contribution in [1.82, 2.24) is 15.1 Å². The number of carbonyl (C=O) groups excluding carboxylic acids is 1. The predicted molar refractivity (Wildman–Crippen MR) is 116 cm³/mol. The van der Waals surface area contributed by atoms with Crippen molar-refractivity contribution >= 4 is 30.7 Å². The van der Waals surface area contributed by atoms with Crippen molar-refractivity contribution in [2.45, 2.75) is 19.9 Å². The summed E-state index contributed by atoms with van der Waals surface area (Å²) in [5.74, 6) is 0.524. The van der Waals surface area contributed by atoms with Gasteiger partial charge < -0.3 is 20.7 Å². The van der Waals surface area contributed by atoms with Gasteiger partial charge in [0.05, 0.1) is 30.5 Å². The molecular formula is C21H28N6O2. The lowest BCUT2D eigenvalue weighted by Crippen LogP contribution is -2.55. The van der Waals surface area contributed by atoms with Crippen molar-refractivity contribution in [1.29, 1.82) is 0 Å². The van der Waals surface area contributed by atoms with Crippen LogP contribution in [0, 0.1) is 6.92 Å². The molecule has 0 saturated carbocycles. The number of carbonyl (C=O) groups is 1. The molecule has 0 spiro atoms. The van der Waals surface area contributed by atoms with E-state index < -0.39 is 6.04 Å². The molecule has 0 radical (unpaired) electrons. The number of anilines is 1. The van der Waals surface area contributed by atoms with Crippen LogP contribution in [-0.2, 0) is 9.53 Å². The first kappa shape index (κ1) is 20.8. The number of hydrogen-bond acceptors (Lipinski definition) is 6. The van der Waals surface area contributed by atoms with E-state index in [0.717, 1.165) is 21.8 Å². The van der Waals surface area contributed by atoms with Gasteiger partial charge in [-0.05, 0) is 26.0 Å². The number of nitrogens with one attached hydrogen (secondary N) is 1. The first-order chi connectivity index (χ1) is 14.1. The second kappa shape index (κ2) is 9.49. The zero-order chi connectivity index (χ0) is 20.8. The highest BCUT2D eigenvalue weighted by molar-refractivity contribution is 5.85. The molecule has 2 heterocycles. The van der Waals surface area contributed by atoms with Gasteiger partial charge in [0, 0.05) is 31.1 Å². The van der Waals surface area contributed by atoms with Crippen LogP contribution in [0.4, 0.5) is 5.82 Å². The smallest absolute Gasteiger partial charge is 0.245 e. The van der Waals surface area contributed by atoms with Gasteiger partial charge in [-0.15, -0.1) is 5.10 Å². The van der Waals surface area contributed by atoms with Crippen LogP contribution < -0.4 is 26.5 Å². The van der Waals surface area contributed by atoms with Gasteiger partial charge in [0.2, 0.25) is 5.91 Å². The first-order valence-electron chi connectivity index (χ1n) is 9.72. The van der Waals surface area contributed by atoms with Gasteiger partial charge >= 0.3 is 0 Å². The maximum absolute atomic E-state index is 12.6. The zero-order valence-electron chi connectivity index (χ0n) is 17.0. The Bertz CT molecular complexity index is 980. The molecule has 154 valence electrons. The molecule has 1 fully saturated rings. The number of rotatable bonds is 6. The molecule has 1 aliphatic rings. The van der Waals surface area contributed by atoms with Gasteiger partial charge in [0.25, 0.3) is 0 Å². The Kier molecular flexibility index (Phi) is 6.79. The zero-order valence-corrected chi connectivity index (χ0v) is 17.0. The number of morpholine rings is 1. The quantitative estimate of drug-likeness (QED) is 0.654. The fourth-order valence-corrected chi connectivity index (χ4v) is 3.23. The van der Waals surface area contributed by atoms with Crippen molar-refractivity contribution in [3.05, 3.63) is 40.4 Å². The predicted octanol–water partition coefficient (Wildman–Crippen LogP) is -0.300. The molecule has 8 heteroatoms. The van der Waals surface area contributed by atoms with Gasteiger partial charge in [-0.25, -0.2) is 4.68 Å². The number of amides is 1. The minimum atomic E-state index is -0.486. The summed E-state index contributed by atoms with van der Waals surface area (Å²) in [5, 5.41) is 9.15. The van der Waals surface area contributed by atoms with E-state index in [0.29, 0.717) is 38.7 Å². The molecule has 1 aromatic carbocycles. The van der Waals surface area contributed by atoms with Gasteiger partial charge in [-0.2, -0.15) is 0 Å². The van der Waals surface area contributed by atoms with E-state index in [9.17, 15) is 4.79 Å². The number of ether oxygens (including phenoxy) is 1. The minimum absolute atomic E-state index is 0.128. The number of aryl methyl sites for hydroxylation is 1. The Hall–Kier alpha value is -2.97. The molecule has 8 nitrogen and oxygen atoms in total. The molecule has 0 bridgehead atoms. The third-order valence-corrected chi connectivity index (χ3v) is 4.77. The normalized spacial score (nSPS) is 17.8. The van der Waals surface area contributed by atoms with Crippen LogP contribution in [0.2, 0.25) is 0 Å². The minimum Gasteiger partial charge on any atom is -0.377 e. The van der Waals surface area contributed by atoms with Crippen LogP contribution in [0.15, 0.2) is 29.3 Å². The maximum Gasteiger partial charge on any atom is 0.245 e. The first-order valence-corrected chi connectivity index (χ1v) is 9.72. The Morgan fingerprint density at radius 2 is 2.21 bits per heavy atom. The topological polar surface area (TPSA) is 97.8 Å². The van der Waals surface area contributed by atoms with Crippen molar-refractivity contribution in [3.63, 3.8) is 0 Å². The van der Waals surface area contributed by atoms with Crippen LogP contribution in [-0.4, -0.2) is 60.8 Å². The molecule has 1 saturated heterocycles. The number of aliphatic imine (C=N–C) groups is 1. The van der Waals surface area contributed by atoms with E-state index >= 15 is 0 Å². The average molecular weight is 396 g/mol. The van der Waals surface area contributed by atoms with Gasteiger partial charge in [-0.3, -0.25) is 9.79 Å². The monoisotopic (exact) mass is 396 g/mol. The fourth-order valence-electron chi connectivity index (χ4n) is 3.23. The standard InChI is InChI=1S/C21H28N6O2/c1-4-23-13-18-16(3)20(25-27(18)17-7-5-15(2)6-8-17)26-11-12-29-14-19(26)21(28)24-10-9-22/h4-8,13,19H,3,9-12,14,22H2,1-2H3,(H,24,28)/b18-13+,23-4?. The van der Waals surface area contributed by atoms with Crippen molar-refractivity contribution in [2.75, 3.05) is 37.7 Å². The van der Waals surface area contributed by atoms with Gasteiger partial charge in [0.1, 0.15) is 6.04 Å². The molecule has 3 rings (SSSR count). The summed E-state index contributed by atoms with van der Waals surface area (Å²) < 4.78 is 7.37. The highest BCUT2D eigenvalue weighted by Crippen LogP contribution is 2.15. The highest BCUT2D eigenvalue weighted by Gasteiger charge is 2.31. The molecule has 0 aliphatic carbocycles. The molecular weight excluding hydrogens is 368 g/mol. The molecule has 2 aromatic rings. The van der Waals surface area contributed by atoms with E-state index in [4.69, 9.17) is 15.6 Å². The summed E-state index contributed by atoms with van der Waals surface area (Å²) in [6, 6.07) is 7.58. The maximum atomic E-state index is 12.6. The van der Waals surface area contributed by atoms with Crippen LogP contribution in [0.25, 0.3) is 18.5 Å². The summed E-state index contributed by atoms with van der Waals surface area (Å²) in [6.07, 6.45) is 3.45. The van der Waals surface area contributed by atoms with Crippen LogP contribution in [0.1, 0.15) is 12.5 Å². The summed E-state index contributed by atoms with van der Waals surface area (Å²) in [5.41, 5.74) is 7.59. The van der Waals surface area contributed by atoms with Gasteiger partial charge in [-0.1, -0.05) is 24.3 Å². The van der Waals surface area contributed by atoms with E-state index in [1.807, 2.05) is 47.7 Å². The van der Waals surface area contributed by atoms with E-state index in [1.54, 1.807) is 12.4 Å². The van der Waals surface area contributed by atoms with Gasteiger partial charge in [0.15, 0.2) is 5.82 Å². The third-order valence-electron chi connectivity index (χ3n) is 4.77. The second-order valence-electron chi connectivity index (χ2n) is 6.83. The van der Waals surface area contributed by atoms with Crippen molar-refractivity contribution in [2.24, 2.45) is 10.7 Å². The molecule has 29 heavy (non-hydrogen) atoms. The lowest BCUT2D eigenvalue weighted by atomic mass is 10.2. The largest absolute Gasteiger partial charge is 0.377 e. The average Bonchev–Trinajstić information content (AvgIpc) is 3.07. The summed E-state index contributed by atoms with van der Waals surface area (Å²) >= 11 is 0. The molecule has 1 aliphatic heterocycles.